The summed E-state index contributed by atoms with van der Waals surface area (Å²) in [6, 6.07) is 6.29. The van der Waals surface area contributed by atoms with Crippen LogP contribution in [0.5, 0.6) is 0 Å². The van der Waals surface area contributed by atoms with Gasteiger partial charge in [-0.2, -0.15) is 24.6 Å². The second-order valence-corrected chi connectivity index (χ2v) is 2.67. The molecule has 0 atom stereocenters. The quantitative estimate of drug-likeness (QED) is 0.630. The van der Waals surface area contributed by atoms with Gasteiger partial charge in [-0.3, -0.25) is 0 Å². The van der Waals surface area contributed by atoms with Gasteiger partial charge in [0.15, 0.2) is 0 Å². The van der Waals surface area contributed by atoms with Crippen LogP contribution in [-0.4, -0.2) is 6.54 Å². The number of hydrogen-bond acceptors (Lipinski definition) is 1. The van der Waals surface area contributed by atoms with Crippen LogP contribution in [-0.2, 0) is 25.0 Å². The third kappa shape index (κ3) is 1.99. The van der Waals surface area contributed by atoms with Crippen LogP contribution in [0.4, 0.5) is 5.69 Å². The molecular weight excluding hydrogens is 185 g/mol. The van der Waals surface area contributed by atoms with Crippen LogP contribution < -0.4 is 5.32 Å². The van der Waals surface area contributed by atoms with Crippen molar-refractivity contribution in [2.45, 2.75) is 6.42 Å². The maximum atomic E-state index is 3.87. The normalized spacial score (nSPS) is 12.0. The first-order chi connectivity index (χ1) is 4.86. The summed E-state index contributed by atoms with van der Waals surface area (Å²) in [4.78, 5) is 0. The zero-order chi connectivity index (χ0) is 6.97. The molecule has 0 fully saturated rings. The summed E-state index contributed by atoms with van der Waals surface area (Å²) in [5.41, 5.74) is 3.81. The van der Waals surface area contributed by atoms with E-state index in [2.05, 4.69) is 24.4 Å². The van der Waals surface area contributed by atoms with Crippen LogP contribution in [0.25, 0.3) is 0 Å². The molecule has 1 aliphatic rings. The summed E-state index contributed by atoms with van der Waals surface area (Å²) < 4.78 is 0. The van der Waals surface area contributed by atoms with Crippen LogP contribution in [0, 0.1) is 14.4 Å². The first kappa shape index (κ1) is 11.5. The smallest absolute Gasteiger partial charge is 0.386 e. The topological polar surface area (TPSA) is 12.0 Å². The van der Waals surface area contributed by atoms with Crippen molar-refractivity contribution in [2.75, 3.05) is 11.9 Å². The molecule has 0 unspecified atom stereocenters. The standard InChI is InChI=1S/C9H10N.CH3.V/c1-7-2-3-9-8(6-7)4-5-10-9;;/h2-3,6,10H,1,4-5H2;1H3;/q2*-1;+2. The van der Waals surface area contributed by atoms with E-state index in [0.29, 0.717) is 0 Å². The number of anilines is 1. The van der Waals surface area contributed by atoms with E-state index in [4.69, 9.17) is 0 Å². The average Bonchev–Trinajstić information content (AvgIpc) is 2.33. The first-order valence-electron chi connectivity index (χ1n) is 3.55. The average molecular weight is 198 g/mol. The molecule has 1 aromatic rings. The van der Waals surface area contributed by atoms with E-state index < -0.39 is 0 Å². The molecule has 1 heterocycles. The monoisotopic (exact) mass is 198 g/mol. The summed E-state index contributed by atoms with van der Waals surface area (Å²) in [5.74, 6) is 0. The van der Waals surface area contributed by atoms with Gasteiger partial charge in [0.1, 0.15) is 0 Å². The van der Waals surface area contributed by atoms with Gasteiger partial charge in [-0.15, -0.1) is 0 Å². The molecule has 0 spiro atoms. The summed E-state index contributed by atoms with van der Waals surface area (Å²) in [6.07, 6.45) is 1.15. The van der Waals surface area contributed by atoms with Crippen LogP contribution in [0.2, 0.25) is 0 Å². The third-order valence-corrected chi connectivity index (χ3v) is 1.88. The van der Waals surface area contributed by atoms with Crippen molar-refractivity contribution in [3.63, 3.8) is 0 Å². The second kappa shape index (κ2) is 4.49. The van der Waals surface area contributed by atoms with Gasteiger partial charge >= 0.3 is 18.6 Å². The van der Waals surface area contributed by atoms with Gasteiger partial charge in [0.25, 0.3) is 0 Å². The van der Waals surface area contributed by atoms with E-state index in [1.807, 2.05) is 6.07 Å². The summed E-state index contributed by atoms with van der Waals surface area (Å²) in [7, 11) is 0. The molecule has 2 rings (SSSR count). The van der Waals surface area contributed by atoms with E-state index in [1.54, 1.807) is 0 Å². The number of benzene rings is 1. The molecule has 1 nitrogen and oxygen atoms in total. The van der Waals surface area contributed by atoms with Crippen LogP contribution >= 0.6 is 0 Å². The number of nitrogens with one attached hydrogen (secondary N) is 1. The third-order valence-electron chi connectivity index (χ3n) is 1.88. The molecule has 1 radical (unpaired) electrons. The Morgan fingerprint density at radius 2 is 2.08 bits per heavy atom. The van der Waals surface area contributed by atoms with E-state index in [9.17, 15) is 0 Å². The minimum atomic E-state index is 0. The minimum Gasteiger partial charge on any atom is -0.386 e. The Kier molecular flexibility index (Phi) is 4.29. The zero-order valence-electron chi connectivity index (χ0n) is 7.30. The van der Waals surface area contributed by atoms with Crippen molar-refractivity contribution in [1.29, 1.82) is 0 Å². The Labute approximate surface area is 86.4 Å². The predicted octanol–water partition coefficient (Wildman–Crippen LogP) is 2.28. The molecule has 0 aromatic heterocycles. The maximum absolute atomic E-state index is 3.87. The van der Waals surface area contributed by atoms with Crippen LogP contribution in [0.1, 0.15) is 11.1 Å². The van der Waals surface area contributed by atoms with Crippen molar-refractivity contribution < 1.29 is 18.6 Å². The molecule has 0 bridgehead atoms. The number of rotatable bonds is 0. The molecular formula is C10H13NV. The van der Waals surface area contributed by atoms with Gasteiger partial charge in [0, 0.05) is 12.2 Å². The van der Waals surface area contributed by atoms with Gasteiger partial charge in [-0.05, 0) is 6.42 Å². The summed E-state index contributed by atoms with van der Waals surface area (Å²) >= 11 is 0. The van der Waals surface area contributed by atoms with Gasteiger partial charge < -0.3 is 12.7 Å². The van der Waals surface area contributed by atoms with Crippen molar-refractivity contribution in [2.24, 2.45) is 0 Å². The summed E-state index contributed by atoms with van der Waals surface area (Å²) in [5, 5.41) is 3.30. The number of fused-ring (bicyclic) bond motifs is 1. The Hall–Kier alpha value is -0.526. The van der Waals surface area contributed by atoms with Crippen molar-refractivity contribution >= 4 is 5.69 Å². The fourth-order valence-electron chi connectivity index (χ4n) is 1.36. The molecule has 63 valence electrons. The Bertz CT molecular complexity index is 258. The molecule has 1 N–H and O–H groups in total. The Balaban J connectivity index is 0.000000605. The molecule has 0 amide bonds. The fourth-order valence-corrected chi connectivity index (χ4v) is 1.36. The van der Waals surface area contributed by atoms with Crippen molar-refractivity contribution in [3.8, 4) is 0 Å². The summed E-state index contributed by atoms with van der Waals surface area (Å²) in [6.45, 7) is 4.95. The van der Waals surface area contributed by atoms with Crippen LogP contribution in [0.15, 0.2) is 18.2 Å². The van der Waals surface area contributed by atoms with Crippen molar-refractivity contribution in [1.82, 2.24) is 0 Å². The largest absolute Gasteiger partial charge is 2.00 e. The van der Waals surface area contributed by atoms with E-state index in [1.165, 1.54) is 11.3 Å². The zero-order valence-corrected chi connectivity index (χ0v) is 8.70. The van der Waals surface area contributed by atoms with E-state index in [-0.39, 0.29) is 26.0 Å². The van der Waals surface area contributed by atoms with Crippen molar-refractivity contribution in [3.05, 3.63) is 43.7 Å². The van der Waals surface area contributed by atoms with E-state index >= 15 is 0 Å². The minimum absolute atomic E-state index is 0. The Morgan fingerprint density at radius 3 is 2.83 bits per heavy atom. The van der Waals surface area contributed by atoms with Gasteiger partial charge in [0.05, 0.1) is 0 Å². The van der Waals surface area contributed by atoms with E-state index in [0.717, 1.165) is 18.5 Å². The molecule has 0 saturated carbocycles. The van der Waals surface area contributed by atoms with Gasteiger partial charge in [-0.1, -0.05) is 11.6 Å². The fraction of sp³-hybridized carbons (Fsp3) is 0.200. The SMILES string of the molecule is [CH2-]c1ccc2c(c1)CCN2.[CH3-].[V+2]. The van der Waals surface area contributed by atoms with Crippen LogP contribution in [0.3, 0.4) is 0 Å². The molecule has 1 aromatic carbocycles. The molecule has 12 heavy (non-hydrogen) atoms. The predicted molar refractivity (Wildman–Crippen MR) is 49.5 cm³/mol. The molecule has 0 aliphatic carbocycles. The molecule has 1 aliphatic heterocycles. The molecule has 0 saturated heterocycles. The molecule has 2 heteroatoms. The first-order valence-corrected chi connectivity index (χ1v) is 3.55. The van der Waals surface area contributed by atoms with Gasteiger partial charge in [0.2, 0.25) is 0 Å². The maximum Gasteiger partial charge on any atom is 2.00 e. The Morgan fingerprint density at radius 1 is 1.33 bits per heavy atom. The second-order valence-electron chi connectivity index (χ2n) is 2.67. The van der Waals surface area contributed by atoms with Gasteiger partial charge in [-0.25, -0.2) is 0 Å². The number of hydrogen-bond donors (Lipinski definition) is 1.